The van der Waals surface area contributed by atoms with Gasteiger partial charge in [0.25, 0.3) is 0 Å². The maximum Gasteiger partial charge on any atom is 0.137 e. The summed E-state index contributed by atoms with van der Waals surface area (Å²) in [4.78, 5) is 0. The van der Waals surface area contributed by atoms with Crippen LogP contribution in [0.15, 0.2) is 18.2 Å². The fraction of sp³-hybridized carbons (Fsp3) is 0.538. The van der Waals surface area contributed by atoms with E-state index in [2.05, 4.69) is 19.2 Å². The van der Waals surface area contributed by atoms with Crippen LogP contribution in [-0.4, -0.2) is 30.4 Å². The molecule has 1 aromatic carbocycles. The minimum Gasteiger partial charge on any atom is -0.491 e. The lowest BCUT2D eigenvalue weighted by Crippen LogP contribution is -2.90. The molecule has 0 amide bonds. The predicted molar refractivity (Wildman–Crippen MR) is 69.6 cm³/mol. The Kier molecular flexibility index (Phi) is 5.75. The molecule has 0 unspecified atom stereocenters. The second kappa shape index (κ2) is 6.84. The lowest BCUT2D eigenvalue weighted by Gasteiger charge is -2.13. The van der Waals surface area contributed by atoms with E-state index in [4.69, 9.17) is 16.3 Å². The number of benzene rings is 1. The first-order valence-electron chi connectivity index (χ1n) is 5.89. The Balaban J connectivity index is 2.36. The summed E-state index contributed by atoms with van der Waals surface area (Å²) < 4.78 is 5.51. The first-order chi connectivity index (χ1) is 7.99. The largest absolute Gasteiger partial charge is 0.491 e. The highest BCUT2D eigenvalue weighted by Crippen LogP contribution is 2.20. The zero-order valence-corrected chi connectivity index (χ0v) is 11.4. The maximum absolute atomic E-state index is 9.70. The highest BCUT2D eigenvalue weighted by Gasteiger charge is 2.09. The third kappa shape index (κ3) is 5.39. The standard InChI is InChI=1S/C13H20ClNO2/c1-9(2)15-7-11(16)8-17-12-4-5-13(14)10(3)6-12/h4-6,9,11,15-16H,7-8H2,1-3H3/p+1/t11-/m0/s1. The molecular formula is C13H21ClNO2+. The number of halogens is 1. The Hall–Kier alpha value is -0.770. The van der Waals surface area contributed by atoms with Crippen LogP contribution in [0.25, 0.3) is 0 Å². The van der Waals surface area contributed by atoms with Crippen LogP contribution in [-0.2, 0) is 0 Å². The lowest BCUT2D eigenvalue weighted by molar-refractivity contribution is -0.688. The number of quaternary nitrogens is 1. The highest BCUT2D eigenvalue weighted by atomic mass is 35.5. The van der Waals surface area contributed by atoms with Gasteiger partial charge in [0.2, 0.25) is 0 Å². The molecule has 0 spiro atoms. The fourth-order valence-corrected chi connectivity index (χ4v) is 1.51. The molecule has 0 fully saturated rings. The van der Waals surface area contributed by atoms with Crippen LogP contribution in [0.4, 0.5) is 0 Å². The van der Waals surface area contributed by atoms with E-state index in [1.165, 1.54) is 0 Å². The molecular weight excluding hydrogens is 238 g/mol. The van der Waals surface area contributed by atoms with Gasteiger partial charge in [0.1, 0.15) is 25.0 Å². The zero-order valence-electron chi connectivity index (χ0n) is 10.6. The van der Waals surface area contributed by atoms with Gasteiger partial charge in [-0.3, -0.25) is 0 Å². The zero-order chi connectivity index (χ0) is 12.8. The number of hydrogen-bond donors (Lipinski definition) is 2. The summed E-state index contributed by atoms with van der Waals surface area (Å²) in [7, 11) is 0. The summed E-state index contributed by atoms with van der Waals surface area (Å²) in [6.45, 7) is 7.08. The van der Waals surface area contributed by atoms with Crippen LogP contribution in [0.5, 0.6) is 5.75 Å². The molecule has 3 nitrogen and oxygen atoms in total. The summed E-state index contributed by atoms with van der Waals surface area (Å²) in [5, 5.41) is 12.5. The summed E-state index contributed by atoms with van der Waals surface area (Å²) in [6, 6.07) is 5.98. The minimum absolute atomic E-state index is 0.310. The van der Waals surface area contributed by atoms with Crippen molar-refractivity contribution in [2.75, 3.05) is 13.2 Å². The van der Waals surface area contributed by atoms with E-state index in [1.54, 1.807) is 6.07 Å². The summed E-state index contributed by atoms with van der Waals surface area (Å²) in [6.07, 6.45) is -0.451. The molecule has 1 rings (SSSR count). The molecule has 0 aromatic heterocycles. The second-order valence-corrected chi connectivity index (χ2v) is 5.00. The minimum atomic E-state index is -0.451. The number of aryl methyl sites for hydroxylation is 1. The van der Waals surface area contributed by atoms with Crippen LogP contribution in [0.3, 0.4) is 0 Å². The van der Waals surface area contributed by atoms with Crippen molar-refractivity contribution in [3.8, 4) is 5.75 Å². The van der Waals surface area contributed by atoms with E-state index < -0.39 is 6.10 Å². The third-order valence-electron chi connectivity index (χ3n) is 2.45. The predicted octanol–water partition coefficient (Wildman–Crippen LogP) is 1.36. The van der Waals surface area contributed by atoms with Gasteiger partial charge in [-0.15, -0.1) is 0 Å². The maximum atomic E-state index is 9.70. The normalized spacial score (nSPS) is 12.8. The van der Waals surface area contributed by atoms with Crippen molar-refractivity contribution in [3.05, 3.63) is 28.8 Å². The van der Waals surface area contributed by atoms with Gasteiger partial charge < -0.3 is 15.2 Å². The average molecular weight is 259 g/mol. The topological polar surface area (TPSA) is 46.1 Å². The van der Waals surface area contributed by atoms with Gasteiger partial charge in [-0.25, -0.2) is 0 Å². The van der Waals surface area contributed by atoms with Crippen LogP contribution in [0.2, 0.25) is 5.02 Å². The quantitative estimate of drug-likeness (QED) is 0.809. The number of aliphatic hydroxyl groups is 1. The van der Waals surface area contributed by atoms with Gasteiger partial charge in [-0.05, 0) is 44.5 Å². The van der Waals surface area contributed by atoms with E-state index in [0.717, 1.165) is 16.3 Å². The molecule has 0 saturated heterocycles. The Labute approximate surface area is 108 Å². The molecule has 0 heterocycles. The van der Waals surface area contributed by atoms with Crippen LogP contribution >= 0.6 is 11.6 Å². The Morgan fingerprint density at radius 1 is 1.41 bits per heavy atom. The molecule has 0 aliphatic heterocycles. The average Bonchev–Trinajstić information content (AvgIpc) is 2.28. The van der Waals surface area contributed by atoms with Crippen molar-refractivity contribution >= 4 is 11.6 Å². The van der Waals surface area contributed by atoms with E-state index in [-0.39, 0.29) is 0 Å². The van der Waals surface area contributed by atoms with E-state index in [9.17, 15) is 5.11 Å². The number of nitrogens with two attached hydrogens (primary N) is 1. The Morgan fingerprint density at radius 2 is 2.12 bits per heavy atom. The molecule has 1 atom stereocenters. The number of ether oxygens (including phenoxy) is 1. The monoisotopic (exact) mass is 258 g/mol. The van der Waals surface area contributed by atoms with Crippen molar-refractivity contribution in [3.63, 3.8) is 0 Å². The fourth-order valence-electron chi connectivity index (χ4n) is 1.40. The van der Waals surface area contributed by atoms with Gasteiger partial charge in [0.05, 0.1) is 6.04 Å². The first kappa shape index (κ1) is 14.3. The van der Waals surface area contributed by atoms with Crippen molar-refractivity contribution in [2.45, 2.75) is 32.9 Å². The van der Waals surface area contributed by atoms with Gasteiger partial charge in [-0.2, -0.15) is 0 Å². The van der Waals surface area contributed by atoms with E-state index in [1.807, 2.05) is 19.1 Å². The van der Waals surface area contributed by atoms with Gasteiger partial charge in [-0.1, -0.05) is 11.6 Å². The number of rotatable bonds is 6. The smallest absolute Gasteiger partial charge is 0.137 e. The molecule has 96 valence electrons. The number of aliphatic hydroxyl groups excluding tert-OH is 1. The van der Waals surface area contributed by atoms with Gasteiger partial charge in [0, 0.05) is 5.02 Å². The van der Waals surface area contributed by atoms with Crippen molar-refractivity contribution in [1.82, 2.24) is 0 Å². The Morgan fingerprint density at radius 3 is 2.71 bits per heavy atom. The van der Waals surface area contributed by atoms with E-state index >= 15 is 0 Å². The van der Waals surface area contributed by atoms with E-state index in [0.29, 0.717) is 19.2 Å². The lowest BCUT2D eigenvalue weighted by atomic mass is 10.2. The highest BCUT2D eigenvalue weighted by molar-refractivity contribution is 6.31. The molecule has 0 bridgehead atoms. The van der Waals surface area contributed by atoms with Crippen LogP contribution < -0.4 is 10.1 Å². The summed E-state index contributed by atoms with van der Waals surface area (Å²) in [5.74, 6) is 0.746. The van der Waals surface area contributed by atoms with Gasteiger partial charge in [0.15, 0.2) is 0 Å². The van der Waals surface area contributed by atoms with Crippen LogP contribution in [0.1, 0.15) is 19.4 Å². The second-order valence-electron chi connectivity index (χ2n) is 4.59. The molecule has 0 saturated carbocycles. The molecule has 0 radical (unpaired) electrons. The Bertz CT molecular complexity index is 355. The molecule has 17 heavy (non-hydrogen) atoms. The van der Waals surface area contributed by atoms with Gasteiger partial charge >= 0.3 is 0 Å². The first-order valence-corrected chi connectivity index (χ1v) is 6.27. The molecule has 0 aliphatic carbocycles. The SMILES string of the molecule is Cc1cc(OC[C@@H](O)C[NH2+]C(C)C)ccc1Cl. The van der Waals surface area contributed by atoms with Crippen LogP contribution in [0, 0.1) is 6.92 Å². The molecule has 3 N–H and O–H groups in total. The summed E-state index contributed by atoms with van der Waals surface area (Å²) >= 11 is 5.92. The molecule has 1 aromatic rings. The summed E-state index contributed by atoms with van der Waals surface area (Å²) in [5.41, 5.74) is 0.979. The van der Waals surface area contributed by atoms with Crippen molar-refractivity contribution < 1.29 is 15.2 Å². The van der Waals surface area contributed by atoms with Crippen molar-refractivity contribution in [1.29, 1.82) is 0 Å². The molecule has 0 aliphatic rings. The number of hydrogen-bond acceptors (Lipinski definition) is 2. The molecule has 4 heteroatoms. The van der Waals surface area contributed by atoms with Crippen molar-refractivity contribution in [2.24, 2.45) is 0 Å². The third-order valence-corrected chi connectivity index (χ3v) is 2.88.